The smallest absolute Gasteiger partial charge is 0.255 e. The molecule has 0 spiro atoms. The first-order chi connectivity index (χ1) is 9.06. The number of carbonyl (C=O) groups excluding carboxylic acids is 1. The summed E-state index contributed by atoms with van der Waals surface area (Å²) in [5, 5.41) is 3.41. The van der Waals surface area contributed by atoms with Crippen molar-refractivity contribution in [1.29, 1.82) is 0 Å². The molecular weight excluding hydrogens is 330 g/mol. The van der Waals surface area contributed by atoms with Crippen LogP contribution in [-0.4, -0.2) is 10.9 Å². The maximum absolute atomic E-state index is 12.0. The van der Waals surface area contributed by atoms with Crippen molar-refractivity contribution in [1.82, 2.24) is 10.3 Å². The van der Waals surface area contributed by atoms with Gasteiger partial charge < -0.3 is 11.1 Å². The van der Waals surface area contributed by atoms with E-state index in [4.69, 9.17) is 17.3 Å². The van der Waals surface area contributed by atoms with Gasteiger partial charge in [0.2, 0.25) is 0 Å². The van der Waals surface area contributed by atoms with E-state index in [0.29, 0.717) is 21.6 Å². The Bertz CT molecular complexity index is 619. The second kappa shape index (κ2) is 6.04. The molecule has 0 atom stereocenters. The van der Waals surface area contributed by atoms with E-state index >= 15 is 0 Å². The average Bonchev–Trinajstić information content (AvgIpc) is 2.39. The Labute approximate surface area is 124 Å². The van der Waals surface area contributed by atoms with Crippen molar-refractivity contribution in [2.75, 3.05) is 5.73 Å². The van der Waals surface area contributed by atoms with E-state index in [9.17, 15) is 4.79 Å². The van der Waals surface area contributed by atoms with Gasteiger partial charge in [0.25, 0.3) is 5.91 Å². The molecule has 0 radical (unpaired) electrons. The summed E-state index contributed by atoms with van der Waals surface area (Å²) in [4.78, 5) is 15.9. The van der Waals surface area contributed by atoms with Crippen LogP contribution < -0.4 is 11.1 Å². The van der Waals surface area contributed by atoms with Crippen LogP contribution in [0, 0.1) is 0 Å². The minimum absolute atomic E-state index is 0.201. The summed E-state index contributed by atoms with van der Waals surface area (Å²) in [6, 6.07) is 8.93. The van der Waals surface area contributed by atoms with Crippen LogP contribution in [0.3, 0.4) is 0 Å². The molecule has 0 fully saturated rings. The molecule has 98 valence electrons. The highest BCUT2D eigenvalue weighted by Crippen LogP contribution is 2.16. The van der Waals surface area contributed by atoms with Crippen molar-refractivity contribution in [2.45, 2.75) is 6.54 Å². The Kier molecular flexibility index (Phi) is 4.39. The molecular formula is C13H11BrClN3O. The second-order valence-corrected chi connectivity index (χ2v) is 5.25. The van der Waals surface area contributed by atoms with Crippen LogP contribution in [0.15, 0.2) is 41.0 Å². The van der Waals surface area contributed by atoms with E-state index < -0.39 is 0 Å². The van der Waals surface area contributed by atoms with Crippen LogP contribution in [0.25, 0.3) is 0 Å². The van der Waals surface area contributed by atoms with Gasteiger partial charge in [0.1, 0.15) is 5.82 Å². The first-order valence-electron chi connectivity index (χ1n) is 5.50. The molecule has 3 N–H and O–H groups in total. The molecule has 0 aliphatic carbocycles. The summed E-state index contributed by atoms with van der Waals surface area (Å²) in [7, 11) is 0. The van der Waals surface area contributed by atoms with Crippen LogP contribution in [0.5, 0.6) is 0 Å². The van der Waals surface area contributed by atoms with Gasteiger partial charge in [-0.15, -0.1) is 0 Å². The quantitative estimate of drug-likeness (QED) is 0.902. The van der Waals surface area contributed by atoms with Gasteiger partial charge in [0, 0.05) is 22.2 Å². The van der Waals surface area contributed by atoms with Gasteiger partial charge in [-0.3, -0.25) is 4.79 Å². The van der Waals surface area contributed by atoms with Crippen LogP contribution in [0.4, 0.5) is 5.82 Å². The number of halogens is 2. The zero-order valence-electron chi connectivity index (χ0n) is 9.86. The van der Waals surface area contributed by atoms with Crippen molar-refractivity contribution in [3.63, 3.8) is 0 Å². The topological polar surface area (TPSA) is 68.0 Å². The van der Waals surface area contributed by atoms with E-state index in [0.717, 1.165) is 5.56 Å². The molecule has 1 aromatic carbocycles. The summed E-state index contributed by atoms with van der Waals surface area (Å²) in [6.45, 7) is 0.380. The number of nitrogens with one attached hydrogen (secondary N) is 1. The van der Waals surface area contributed by atoms with Gasteiger partial charge in [-0.05, 0) is 39.7 Å². The van der Waals surface area contributed by atoms with Crippen LogP contribution in [0.1, 0.15) is 15.9 Å². The van der Waals surface area contributed by atoms with Gasteiger partial charge >= 0.3 is 0 Å². The fraction of sp³-hybridized carbons (Fsp3) is 0.0769. The molecule has 4 nitrogen and oxygen atoms in total. The lowest BCUT2D eigenvalue weighted by atomic mass is 10.2. The SMILES string of the molecule is Nc1ncc(Br)cc1C(=O)NCc1cccc(Cl)c1. The Hall–Kier alpha value is -1.59. The molecule has 0 aliphatic rings. The fourth-order valence-corrected chi connectivity index (χ4v) is 2.10. The van der Waals surface area contributed by atoms with E-state index in [1.54, 1.807) is 24.4 Å². The monoisotopic (exact) mass is 339 g/mol. The van der Waals surface area contributed by atoms with Crippen LogP contribution in [0.2, 0.25) is 5.02 Å². The fourth-order valence-electron chi connectivity index (χ4n) is 1.56. The number of benzene rings is 1. The summed E-state index contributed by atoms with van der Waals surface area (Å²) >= 11 is 9.13. The number of anilines is 1. The Balaban J connectivity index is 2.07. The number of pyridine rings is 1. The third-order valence-electron chi connectivity index (χ3n) is 2.47. The number of nitrogen functional groups attached to an aromatic ring is 1. The predicted molar refractivity (Wildman–Crippen MR) is 79.0 cm³/mol. The average molecular weight is 341 g/mol. The third-order valence-corrected chi connectivity index (χ3v) is 3.14. The van der Waals surface area contributed by atoms with E-state index in [2.05, 4.69) is 26.2 Å². The van der Waals surface area contributed by atoms with Crippen molar-refractivity contribution in [3.8, 4) is 0 Å². The summed E-state index contributed by atoms with van der Waals surface area (Å²) in [5.74, 6) is -0.0712. The standard InChI is InChI=1S/C13H11BrClN3O/c14-9-5-11(12(16)17-7-9)13(19)18-6-8-2-1-3-10(15)4-8/h1-5,7H,6H2,(H2,16,17)(H,18,19). The number of nitrogens with zero attached hydrogens (tertiary/aromatic N) is 1. The largest absolute Gasteiger partial charge is 0.383 e. The molecule has 19 heavy (non-hydrogen) atoms. The summed E-state index contributed by atoms with van der Waals surface area (Å²) in [5.41, 5.74) is 6.93. The predicted octanol–water partition coefficient (Wildman–Crippen LogP) is 3.01. The van der Waals surface area contributed by atoms with E-state index in [1.807, 2.05) is 12.1 Å². The first kappa shape index (κ1) is 13.8. The maximum atomic E-state index is 12.0. The normalized spacial score (nSPS) is 10.2. The number of hydrogen-bond donors (Lipinski definition) is 2. The van der Waals surface area contributed by atoms with Gasteiger partial charge in [0.05, 0.1) is 5.56 Å². The highest BCUT2D eigenvalue weighted by molar-refractivity contribution is 9.10. The molecule has 0 unspecified atom stereocenters. The lowest BCUT2D eigenvalue weighted by Gasteiger charge is -2.07. The Morgan fingerprint density at radius 3 is 2.95 bits per heavy atom. The third kappa shape index (κ3) is 3.68. The second-order valence-electron chi connectivity index (χ2n) is 3.90. The zero-order chi connectivity index (χ0) is 13.8. The van der Waals surface area contributed by atoms with Crippen LogP contribution in [-0.2, 0) is 6.54 Å². The molecule has 1 aromatic heterocycles. The van der Waals surface area contributed by atoms with Crippen molar-refractivity contribution in [2.24, 2.45) is 0 Å². The Morgan fingerprint density at radius 2 is 2.21 bits per heavy atom. The number of hydrogen-bond acceptors (Lipinski definition) is 3. The van der Waals surface area contributed by atoms with Crippen LogP contribution >= 0.6 is 27.5 Å². The molecule has 1 heterocycles. The minimum atomic E-state index is -0.272. The molecule has 0 saturated carbocycles. The van der Waals surface area contributed by atoms with Crippen molar-refractivity contribution >= 4 is 39.3 Å². The number of amides is 1. The molecule has 2 rings (SSSR count). The van der Waals surface area contributed by atoms with E-state index in [1.165, 1.54) is 0 Å². The first-order valence-corrected chi connectivity index (χ1v) is 6.67. The van der Waals surface area contributed by atoms with E-state index in [-0.39, 0.29) is 11.7 Å². The van der Waals surface area contributed by atoms with Crippen molar-refractivity contribution < 1.29 is 4.79 Å². The minimum Gasteiger partial charge on any atom is -0.383 e. The zero-order valence-corrected chi connectivity index (χ0v) is 12.2. The van der Waals surface area contributed by atoms with Gasteiger partial charge in [-0.25, -0.2) is 4.98 Å². The molecule has 0 aliphatic heterocycles. The Morgan fingerprint density at radius 1 is 1.42 bits per heavy atom. The molecule has 1 amide bonds. The molecule has 6 heteroatoms. The van der Waals surface area contributed by atoms with Gasteiger partial charge in [-0.1, -0.05) is 23.7 Å². The number of nitrogens with two attached hydrogens (primary N) is 1. The molecule has 0 saturated heterocycles. The highest BCUT2D eigenvalue weighted by Gasteiger charge is 2.11. The molecule has 2 aromatic rings. The lowest BCUT2D eigenvalue weighted by molar-refractivity contribution is 0.0951. The highest BCUT2D eigenvalue weighted by atomic mass is 79.9. The summed E-state index contributed by atoms with van der Waals surface area (Å²) in [6.07, 6.45) is 1.54. The number of rotatable bonds is 3. The van der Waals surface area contributed by atoms with Gasteiger partial charge in [0.15, 0.2) is 0 Å². The molecule has 0 bridgehead atoms. The maximum Gasteiger partial charge on any atom is 0.255 e. The summed E-state index contributed by atoms with van der Waals surface area (Å²) < 4.78 is 0.703. The number of aromatic nitrogens is 1. The van der Waals surface area contributed by atoms with Crippen molar-refractivity contribution in [3.05, 3.63) is 57.2 Å². The number of carbonyl (C=O) groups is 1. The van der Waals surface area contributed by atoms with Gasteiger partial charge in [-0.2, -0.15) is 0 Å². The lowest BCUT2D eigenvalue weighted by Crippen LogP contribution is -2.24.